The summed E-state index contributed by atoms with van der Waals surface area (Å²) in [6.45, 7) is 6.03. The van der Waals surface area contributed by atoms with E-state index in [1.54, 1.807) is 38.4 Å². The van der Waals surface area contributed by atoms with Crippen molar-refractivity contribution in [3.8, 4) is 5.75 Å². The maximum Gasteiger partial charge on any atom is 0.255 e. The molecule has 4 amide bonds. The summed E-state index contributed by atoms with van der Waals surface area (Å²) < 4.78 is 27.6. The number of rotatable bonds is 8. The average molecular weight is 686 g/mol. The Morgan fingerprint density at radius 1 is 1.12 bits per heavy atom. The number of piperazine rings is 1. The second-order valence-electron chi connectivity index (χ2n) is 14.3. The van der Waals surface area contributed by atoms with Crippen LogP contribution >= 0.6 is 0 Å². The van der Waals surface area contributed by atoms with Crippen molar-refractivity contribution in [1.29, 1.82) is 0 Å². The van der Waals surface area contributed by atoms with Crippen LogP contribution in [0.4, 0.5) is 10.3 Å². The van der Waals surface area contributed by atoms with E-state index in [2.05, 4.69) is 25.1 Å². The lowest BCUT2D eigenvalue weighted by Crippen LogP contribution is -2.57. The molecule has 1 N–H and O–H groups in total. The van der Waals surface area contributed by atoms with E-state index in [0.717, 1.165) is 24.0 Å². The fourth-order valence-corrected chi connectivity index (χ4v) is 8.23. The van der Waals surface area contributed by atoms with Gasteiger partial charge in [0.05, 0.1) is 12.1 Å². The summed E-state index contributed by atoms with van der Waals surface area (Å²) in [5.74, 6) is -0.134. The van der Waals surface area contributed by atoms with E-state index < -0.39 is 17.8 Å². The highest BCUT2D eigenvalue weighted by molar-refractivity contribution is 6.05. The number of imide groups is 1. The van der Waals surface area contributed by atoms with Crippen LogP contribution in [0, 0.1) is 11.7 Å². The molecule has 1 aromatic heterocycles. The fraction of sp³-hybridized carbons (Fsp3) is 0.500. The Balaban J connectivity index is 0.934. The predicted octanol–water partition coefficient (Wildman–Crippen LogP) is 2.26. The van der Waals surface area contributed by atoms with Crippen LogP contribution in [0.25, 0.3) is 10.9 Å². The molecule has 13 nitrogen and oxygen atoms in total. The van der Waals surface area contributed by atoms with E-state index in [-0.39, 0.29) is 53.8 Å². The summed E-state index contributed by atoms with van der Waals surface area (Å²) in [6, 6.07) is 8.16. The molecule has 2 aromatic carbocycles. The number of hydrogen-bond donors (Lipinski definition) is 1. The van der Waals surface area contributed by atoms with Crippen molar-refractivity contribution in [2.24, 2.45) is 5.92 Å². The summed E-state index contributed by atoms with van der Waals surface area (Å²) in [6.07, 6.45) is 3.91. The van der Waals surface area contributed by atoms with Crippen LogP contribution in [0.15, 0.2) is 36.5 Å². The molecule has 3 aromatic rings. The van der Waals surface area contributed by atoms with Crippen molar-refractivity contribution in [1.82, 2.24) is 30.0 Å². The Bertz CT molecular complexity index is 1900. The molecule has 3 saturated heterocycles. The number of carbonyl (C=O) groups is 4. The Morgan fingerprint density at radius 3 is 2.72 bits per heavy atom. The van der Waals surface area contributed by atoms with Crippen molar-refractivity contribution >= 4 is 40.5 Å². The van der Waals surface area contributed by atoms with Gasteiger partial charge in [-0.05, 0) is 60.7 Å². The highest BCUT2D eigenvalue weighted by atomic mass is 19.1. The number of piperidine rings is 1. The summed E-state index contributed by atoms with van der Waals surface area (Å²) in [7, 11) is 1.66. The van der Waals surface area contributed by atoms with E-state index in [4.69, 9.17) is 9.47 Å². The maximum absolute atomic E-state index is 15.6. The third-order valence-corrected chi connectivity index (χ3v) is 10.9. The number of methoxy groups -OCH3 is 1. The molecule has 50 heavy (non-hydrogen) atoms. The molecule has 5 aliphatic rings. The van der Waals surface area contributed by atoms with Crippen molar-refractivity contribution in [2.75, 3.05) is 51.3 Å². The van der Waals surface area contributed by atoms with Crippen LogP contribution in [0.3, 0.4) is 0 Å². The molecule has 1 spiro atoms. The average Bonchev–Trinajstić information content (AvgIpc) is 3.62. The topological polar surface area (TPSA) is 138 Å². The Kier molecular flexibility index (Phi) is 8.17. The van der Waals surface area contributed by atoms with Crippen molar-refractivity contribution < 1.29 is 33.0 Å². The lowest BCUT2D eigenvalue weighted by Gasteiger charge is -2.41. The van der Waals surface area contributed by atoms with E-state index in [1.165, 1.54) is 4.90 Å². The van der Waals surface area contributed by atoms with Gasteiger partial charge < -0.3 is 24.2 Å². The predicted molar refractivity (Wildman–Crippen MR) is 179 cm³/mol. The summed E-state index contributed by atoms with van der Waals surface area (Å²) in [5.41, 5.74) is 2.24. The van der Waals surface area contributed by atoms with E-state index in [1.807, 2.05) is 17.0 Å². The smallest absolute Gasteiger partial charge is 0.255 e. The van der Waals surface area contributed by atoms with Gasteiger partial charge in [0.25, 0.3) is 5.91 Å². The first-order valence-electron chi connectivity index (χ1n) is 17.2. The van der Waals surface area contributed by atoms with Gasteiger partial charge in [-0.15, -0.1) is 0 Å². The van der Waals surface area contributed by atoms with Crippen LogP contribution in [0.5, 0.6) is 5.75 Å². The van der Waals surface area contributed by atoms with Crippen molar-refractivity contribution in [3.05, 3.63) is 59.0 Å². The number of ether oxygens (including phenoxy) is 2. The fourth-order valence-electron chi connectivity index (χ4n) is 8.23. The molecule has 14 heteroatoms. The number of hydrogen-bond acceptors (Lipinski definition) is 10. The first kappa shape index (κ1) is 32.5. The standard InChI is InChI=1S/C36H40FN7O6/c1-21(45)44-10-9-42(20-36(44)7-8-36)35-38-14-23-11-22(12-28(37)32(23)40-35)15-41-16-25(19-49-2)30(18-41)50-26-3-4-27-24(13-26)17-43(34(27)48)29-5-6-31(46)39-33(29)47/h3-4,11-14,25,29-30H,5-10,15-20H2,1-2H3,(H,39,46,47)/t25-,29-,30+/m0/s1. The van der Waals surface area contributed by atoms with Crippen LogP contribution in [-0.4, -0.2) is 112 Å². The minimum atomic E-state index is -0.676. The molecule has 4 fully saturated rings. The Labute approximate surface area is 288 Å². The normalized spacial score (nSPS) is 24.7. The summed E-state index contributed by atoms with van der Waals surface area (Å²) >= 11 is 0. The number of aromatic nitrogens is 2. The van der Waals surface area contributed by atoms with Gasteiger partial charge in [-0.3, -0.25) is 29.4 Å². The van der Waals surface area contributed by atoms with Gasteiger partial charge in [0.1, 0.15) is 29.2 Å². The van der Waals surface area contributed by atoms with Crippen LogP contribution in [0.2, 0.25) is 0 Å². The first-order valence-corrected chi connectivity index (χ1v) is 17.2. The molecule has 3 atom stereocenters. The third-order valence-electron chi connectivity index (χ3n) is 10.9. The number of anilines is 1. The quantitative estimate of drug-likeness (QED) is 0.352. The minimum Gasteiger partial charge on any atom is -0.489 e. The van der Waals surface area contributed by atoms with E-state index in [9.17, 15) is 19.2 Å². The first-order chi connectivity index (χ1) is 24.1. The van der Waals surface area contributed by atoms with Gasteiger partial charge in [0.15, 0.2) is 0 Å². The van der Waals surface area contributed by atoms with Crippen LogP contribution in [0.1, 0.15) is 54.1 Å². The number of carbonyl (C=O) groups excluding carboxylic acids is 4. The highest BCUT2D eigenvalue weighted by Crippen LogP contribution is 2.45. The minimum absolute atomic E-state index is 0.0595. The highest BCUT2D eigenvalue weighted by Gasteiger charge is 2.53. The lowest BCUT2D eigenvalue weighted by molar-refractivity contribution is -0.137. The molecule has 0 bridgehead atoms. The SMILES string of the molecule is COC[C@@H]1CN(Cc2cc(F)c3nc(N4CCN(C(C)=O)C5(CC5)C4)ncc3c2)C[C@H]1Oc1ccc2c(c1)CN([C@H]1CCC(=O)NC1=O)C2=O. The molecule has 0 radical (unpaired) electrons. The van der Waals surface area contributed by atoms with Crippen molar-refractivity contribution in [2.45, 2.75) is 63.4 Å². The van der Waals surface area contributed by atoms with Crippen molar-refractivity contribution in [3.63, 3.8) is 0 Å². The monoisotopic (exact) mass is 685 g/mol. The Morgan fingerprint density at radius 2 is 1.96 bits per heavy atom. The number of halogens is 1. The number of nitrogens with one attached hydrogen (secondary N) is 1. The molecule has 4 aliphatic heterocycles. The molecule has 1 saturated carbocycles. The zero-order chi connectivity index (χ0) is 34.7. The number of nitrogens with zero attached hydrogens (tertiary/aromatic N) is 6. The molecular weight excluding hydrogens is 645 g/mol. The molecular formula is C36H40FN7O6. The molecule has 5 heterocycles. The van der Waals surface area contributed by atoms with E-state index >= 15 is 4.39 Å². The zero-order valence-corrected chi connectivity index (χ0v) is 28.2. The third kappa shape index (κ3) is 5.93. The summed E-state index contributed by atoms with van der Waals surface area (Å²) in [4.78, 5) is 66.3. The van der Waals surface area contributed by atoms with Gasteiger partial charge >= 0.3 is 0 Å². The van der Waals surface area contributed by atoms with Gasteiger partial charge in [-0.25, -0.2) is 14.4 Å². The molecule has 262 valence electrons. The molecule has 8 rings (SSSR count). The van der Waals surface area contributed by atoms with Crippen LogP contribution in [-0.2, 0) is 32.2 Å². The second-order valence-corrected chi connectivity index (χ2v) is 14.3. The number of likely N-dealkylation sites (tertiary alicyclic amines) is 1. The number of fused-ring (bicyclic) bond motifs is 2. The number of benzene rings is 2. The van der Waals surface area contributed by atoms with E-state index in [0.29, 0.717) is 74.9 Å². The van der Waals surface area contributed by atoms with Gasteiger partial charge in [-0.1, -0.05) is 0 Å². The van der Waals surface area contributed by atoms with Gasteiger partial charge in [0.2, 0.25) is 23.7 Å². The Hall–Kier alpha value is -4.69. The van der Waals surface area contributed by atoms with Gasteiger partial charge in [-0.2, -0.15) is 0 Å². The summed E-state index contributed by atoms with van der Waals surface area (Å²) in [5, 5.41) is 2.97. The zero-order valence-electron chi connectivity index (χ0n) is 28.2. The number of amides is 4. The maximum atomic E-state index is 15.6. The van der Waals surface area contributed by atoms with Crippen LogP contribution < -0.4 is 15.0 Å². The second kappa shape index (κ2) is 12.6. The largest absolute Gasteiger partial charge is 0.489 e. The molecule has 0 unspecified atom stereocenters. The van der Waals surface area contributed by atoms with Gasteiger partial charge in [0, 0.05) is 89.3 Å². The lowest BCUT2D eigenvalue weighted by atomic mass is 10.0. The molecule has 1 aliphatic carbocycles.